The van der Waals surface area contributed by atoms with Gasteiger partial charge in [0.2, 0.25) is 5.91 Å². The first-order valence-corrected chi connectivity index (χ1v) is 11.3. The summed E-state index contributed by atoms with van der Waals surface area (Å²) in [7, 11) is 0. The summed E-state index contributed by atoms with van der Waals surface area (Å²) in [5.41, 5.74) is 7.19. The SMILES string of the molecule is Cc1nc2c(cc(OCC(=O)NCC(Cc3ccc(F)cc3)C(N)=O)c3ccsc32)s1. The standard InChI is InChI=1S/C22H20FN3O3S2/c1-12-26-20-18(31-12)9-17(16-6-7-30-21(16)20)29-11-19(27)25-10-14(22(24)28)8-13-2-4-15(23)5-3-13/h2-7,9,14H,8,10-11H2,1H3,(H2,24,28)(H,25,27). The average Bonchev–Trinajstić information content (AvgIpc) is 3.36. The van der Waals surface area contributed by atoms with Crippen LogP contribution in [0.3, 0.4) is 0 Å². The Labute approximate surface area is 185 Å². The maximum Gasteiger partial charge on any atom is 0.257 e. The van der Waals surface area contributed by atoms with E-state index in [0.29, 0.717) is 12.2 Å². The summed E-state index contributed by atoms with van der Waals surface area (Å²) in [5.74, 6) is -1.21. The topological polar surface area (TPSA) is 94.3 Å². The molecule has 0 saturated heterocycles. The van der Waals surface area contributed by atoms with E-state index >= 15 is 0 Å². The number of benzene rings is 2. The van der Waals surface area contributed by atoms with E-state index in [1.54, 1.807) is 34.8 Å². The highest BCUT2D eigenvalue weighted by atomic mass is 32.1. The van der Waals surface area contributed by atoms with Gasteiger partial charge in [-0.3, -0.25) is 9.59 Å². The first-order valence-electron chi connectivity index (χ1n) is 9.61. The Morgan fingerprint density at radius 2 is 2.03 bits per heavy atom. The van der Waals surface area contributed by atoms with Gasteiger partial charge in [0, 0.05) is 18.0 Å². The van der Waals surface area contributed by atoms with Gasteiger partial charge in [-0.2, -0.15) is 0 Å². The summed E-state index contributed by atoms with van der Waals surface area (Å²) in [6.45, 7) is 1.85. The van der Waals surface area contributed by atoms with Crippen LogP contribution in [-0.4, -0.2) is 29.9 Å². The van der Waals surface area contributed by atoms with Crippen molar-refractivity contribution in [2.24, 2.45) is 11.7 Å². The predicted octanol–water partition coefficient (Wildman–Crippen LogP) is 3.80. The van der Waals surface area contributed by atoms with Gasteiger partial charge in [-0.05, 0) is 42.5 Å². The molecule has 160 valence electrons. The highest BCUT2D eigenvalue weighted by Gasteiger charge is 2.18. The van der Waals surface area contributed by atoms with Gasteiger partial charge in [-0.15, -0.1) is 22.7 Å². The number of carbonyl (C=O) groups excluding carboxylic acids is 2. The molecule has 2 aromatic carbocycles. The van der Waals surface area contributed by atoms with Crippen molar-refractivity contribution >= 4 is 54.8 Å². The van der Waals surface area contributed by atoms with Crippen LogP contribution in [0.25, 0.3) is 20.3 Å². The zero-order valence-corrected chi connectivity index (χ0v) is 18.3. The number of ether oxygens (including phenoxy) is 1. The molecule has 3 N–H and O–H groups in total. The fourth-order valence-electron chi connectivity index (χ4n) is 3.32. The predicted molar refractivity (Wildman–Crippen MR) is 121 cm³/mol. The molecule has 31 heavy (non-hydrogen) atoms. The molecule has 4 aromatic rings. The normalized spacial score (nSPS) is 12.2. The molecule has 0 aliphatic heterocycles. The lowest BCUT2D eigenvalue weighted by Crippen LogP contribution is -2.39. The van der Waals surface area contributed by atoms with Crippen molar-refractivity contribution in [3.05, 3.63) is 58.2 Å². The number of nitrogens with zero attached hydrogens (tertiary/aromatic N) is 1. The van der Waals surface area contributed by atoms with Crippen molar-refractivity contribution in [2.75, 3.05) is 13.2 Å². The van der Waals surface area contributed by atoms with E-state index in [0.717, 1.165) is 30.9 Å². The molecule has 2 aromatic heterocycles. The minimum Gasteiger partial charge on any atom is -0.483 e. The minimum absolute atomic E-state index is 0.0792. The monoisotopic (exact) mass is 457 g/mol. The maximum atomic E-state index is 13.1. The summed E-state index contributed by atoms with van der Waals surface area (Å²) in [6, 6.07) is 9.70. The number of nitrogens with two attached hydrogens (primary N) is 1. The van der Waals surface area contributed by atoms with Crippen molar-refractivity contribution in [3.63, 3.8) is 0 Å². The fourth-order valence-corrected chi connectivity index (χ4v) is 5.15. The number of aryl methyl sites for hydroxylation is 1. The van der Waals surface area contributed by atoms with E-state index in [4.69, 9.17) is 10.5 Å². The van der Waals surface area contributed by atoms with E-state index in [9.17, 15) is 14.0 Å². The van der Waals surface area contributed by atoms with Crippen LogP contribution in [0.2, 0.25) is 0 Å². The quantitative estimate of drug-likeness (QED) is 0.421. The third kappa shape index (κ3) is 4.83. The van der Waals surface area contributed by atoms with Gasteiger partial charge in [0.05, 0.1) is 25.8 Å². The van der Waals surface area contributed by atoms with Crippen molar-refractivity contribution in [1.29, 1.82) is 0 Å². The van der Waals surface area contributed by atoms with Gasteiger partial charge < -0.3 is 15.8 Å². The van der Waals surface area contributed by atoms with Crippen LogP contribution < -0.4 is 15.8 Å². The summed E-state index contributed by atoms with van der Waals surface area (Å²) >= 11 is 3.16. The number of hydrogen-bond acceptors (Lipinski definition) is 6. The van der Waals surface area contributed by atoms with Gasteiger partial charge in [0.25, 0.3) is 5.91 Å². The van der Waals surface area contributed by atoms with E-state index < -0.39 is 11.8 Å². The summed E-state index contributed by atoms with van der Waals surface area (Å²) in [6.07, 6.45) is 0.313. The molecular weight excluding hydrogens is 437 g/mol. The molecule has 2 heterocycles. The number of thiazole rings is 1. The Kier molecular flexibility index (Phi) is 6.15. The smallest absolute Gasteiger partial charge is 0.257 e. The number of rotatable bonds is 8. The van der Waals surface area contributed by atoms with Gasteiger partial charge in [-0.1, -0.05) is 12.1 Å². The molecule has 0 aliphatic rings. The lowest BCUT2D eigenvalue weighted by molar-refractivity contribution is -0.124. The molecule has 0 radical (unpaired) electrons. The second kappa shape index (κ2) is 8.99. The first kappa shape index (κ1) is 21.2. The molecule has 0 bridgehead atoms. The minimum atomic E-state index is -0.602. The first-order chi connectivity index (χ1) is 14.9. The fraction of sp³-hybridized carbons (Fsp3) is 0.227. The number of nitrogens with one attached hydrogen (secondary N) is 1. The number of fused-ring (bicyclic) bond motifs is 3. The molecule has 1 unspecified atom stereocenters. The van der Waals surface area contributed by atoms with Crippen molar-refractivity contribution in [1.82, 2.24) is 10.3 Å². The molecule has 0 spiro atoms. The van der Waals surface area contributed by atoms with Crippen LogP contribution in [0.5, 0.6) is 5.75 Å². The number of aromatic nitrogens is 1. The highest BCUT2D eigenvalue weighted by Crippen LogP contribution is 2.38. The number of thiophene rings is 1. The van der Waals surface area contributed by atoms with Crippen LogP contribution >= 0.6 is 22.7 Å². The second-order valence-electron chi connectivity index (χ2n) is 7.14. The molecule has 0 fully saturated rings. The largest absolute Gasteiger partial charge is 0.483 e. The third-order valence-electron chi connectivity index (χ3n) is 4.87. The highest BCUT2D eigenvalue weighted by molar-refractivity contribution is 7.21. The Morgan fingerprint density at radius 3 is 2.77 bits per heavy atom. The number of amides is 2. The lowest BCUT2D eigenvalue weighted by atomic mass is 9.98. The second-order valence-corrected chi connectivity index (χ2v) is 9.29. The Balaban J connectivity index is 1.38. The Bertz CT molecular complexity index is 1250. The Hall–Kier alpha value is -3.04. The van der Waals surface area contributed by atoms with Gasteiger partial charge in [0.15, 0.2) is 6.61 Å². The third-order valence-corrected chi connectivity index (χ3v) is 6.71. The number of hydrogen-bond donors (Lipinski definition) is 2. The van der Waals surface area contributed by atoms with Gasteiger partial charge in [0.1, 0.15) is 11.6 Å². The van der Waals surface area contributed by atoms with E-state index in [-0.39, 0.29) is 24.9 Å². The molecule has 6 nitrogen and oxygen atoms in total. The van der Waals surface area contributed by atoms with Gasteiger partial charge in [-0.25, -0.2) is 9.37 Å². The van der Waals surface area contributed by atoms with E-state index in [2.05, 4.69) is 10.3 Å². The van der Waals surface area contributed by atoms with Crippen LogP contribution in [0.1, 0.15) is 10.6 Å². The Morgan fingerprint density at radius 1 is 1.26 bits per heavy atom. The molecule has 0 aliphatic carbocycles. The molecule has 0 saturated carbocycles. The molecule has 9 heteroatoms. The summed E-state index contributed by atoms with van der Waals surface area (Å²) < 4.78 is 20.9. The van der Waals surface area contributed by atoms with E-state index in [1.165, 1.54) is 12.1 Å². The maximum absolute atomic E-state index is 13.1. The lowest BCUT2D eigenvalue weighted by Gasteiger charge is -2.15. The number of primary amides is 1. The van der Waals surface area contributed by atoms with Crippen LogP contribution in [-0.2, 0) is 16.0 Å². The van der Waals surface area contributed by atoms with Gasteiger partial charge >= 0.3 is 0 Å². The summed E-state index contributed by atoms with van der Waals surface area (Å²) in [5, 5.41) is 6.56. The van der Waals surface area contributed by atoms with E-state index in [1.807, 2.05) is 24.4 Å². The van der Waals surface area contributed by atoms with Crippen molar-refractivity contribution in [2.45, 2.75) is 13.3 Å². The molecular formula is C22H20FN3O3S2. The summed E-state index contributed by atoms with van der Waals surface area (Å²) in [4.78, 5) is 28.7. The average molecular weight is 458 g/mol. The van der Waals surface area contributed by atoms with Crippen LogP contribution in [0.4, 0.5) is 4.39 Å². The van der Waals surface area contributed by atoms with Crippen molar-refractivity contribution in [3.8, 4) is 5.75 Å². The molecule has 1 atom stereocenters. The molecule has 4 rings (SSSR count). The molecule has 2 amide bonds. The van der Waals surface area contributed by atoms with Crippen LogP contribution in [0.15, 0.2) is 41.8 Å². The number of carbonyl (C=O) groups is 2. The van der Waals surface area contributed by atoms with Crippen LogP contribution in [0, 0.1) is 18.7 Å². The zero-order chi connectivity index (χ0) is 22.0. The number of halogens is 1. The zero-order valence-electron chi connectivity index (χ0n) is 16.7. The van der Waals surface area contributed by atoms with Crippen molar-refractivity contribution < 1.29 is 18.7 Å².